The summed E-state index contributed by atoms with van der Waals surface area (Å²) in [5.74, 6) is 1.73. The molecule has 0 atom stereocenters. The Labute approximate surface area is 135 Å². The summed E-state index contributed by atoms with van der Waals surface area (Å²) in [4.78, 5) is 12.5. The van der Waals surface area contributed by atoms with Crippen LogP contribution in [0.4, 0.5) is 5.69 Å². The van der Waals surface area contributed by atoms with Crippen LogP contribution in [-0.4, -0.2) is 24.7 Å². The van der Waals surface area contributed by atoms with Crippen molar-refractivity contribution in [2.45, 2.75) is 19.4 Å². The Bertz CT molecular complexity index is 697. The van der Waals surface area contributed by atoms with Crippen molar-refractivity contribution >= 4 is 11.6 Å². The molecule has 5 nitrogen and oxygen atoms in total. The van der Waals surface area contributed by atoms with Crippen molar-refractivity contribution in [1.82, 2.24) is 0 Å². The lowest BCUT2D eigenvalue weighted by Gasteiger charge is -2.26. The first-order valence-electron chi connectivity index (χ1n) is 7.50. The zero-order valence-corrected chi connectivity index (χ0v) is 13.2. The number of rotatable bonds is 4. The summed E-state index contributed by atoms with van der Waals surface area (Å²) in [7, 11) is 0. The molecule has 1 aliphatic rings. The fourth-order valence-corrected chi connectivity index (χ4v) is 2.23. The topological polar surface area (TPSA) is 56.8 Å². The van der Waals surface area contributed by atoms with Crippen molar-refractivity contribution in [3.05, 3.63) is 48.5 Å². The smallest absolute Gasteiger partial charge is 0.267 e. The zero-order valence-electron chi connectivity index (χ0n) is 13.2. The van der Waals surface area contributed by atoms with Gasteiger partial charge in [0, 0.05) is 11.8 Å². The summed E-state index contributed by atoms with van der Waals surface area (Å²) in [5, 5.41) is 2.85. The van der Waals surface area contributed by atoms with E-state index in [1.807, 2.05) is 30.3 Å². The largest absolute Gasteiger partial charge is 0.486 e. The van der Waals surface area contributed by atoms with Gasteiger partial charge >= 0.3 is 0 Å². The first-order chi connectivity index (χ1) is 11.0. The van der Waals surface area contributed by atoms with E-state index < -0.39 is 5.60 Å². The molecule has 0 radical (unpaired) electrons. The second kappa shape index (κ2) is 6.20. The van der Waals surface area contributed by atoms with Crippen LogP contribution in [0.3, 0.4) is 0 Å². The molecule has 120 valence electrons. The van der Waals surface area contributed by atoms with Gasteiger partial charge in [0.15, 0.2) is 17.1 Å². The lowest BCUT2D eigenvalue weighted by molar-refractivity contribution is -0.128. The molecule has 1 heterocycles. The number of hydrogen-bond acceptors (Lipinski definition) is 4. The second-order valence-corrected chi connectivity index (χ2v) is 5.74. The second-order valence-electron chi connectivity index (χ2n) is 5.74. The molecule has 0 spiro atoms. The minimum atomic E-state index is -1.01. The van der Waals surface area contributed by atoms with Crippen LogP contribution in [0.1, 0.15) is 13.8 Å². The van der Waals surface area contributed by atoms with Crippen LogP contribution in [-0.2, 0) is 4.79 Å². The molecule has 0 bridgehead atoms. The van der Waals surface area contributed by atoms with Gasteiger partial charge in [-0.05, 0) is 38.1 Å². The van der Waals surface area contributed by atoms with E-state index in [9.17, 15) is 4.79 Å². The highest BCUT2D eigenvalue weighted by molar-refractivity contribution is 5.97. The number of carbonyl (C=O) groups excluding carboxylic acids is 1. The van der Waals surface area contributed by atoms with E-state index in [0.29, 0.717) is 36.1 Å². The minimum absolute atomic E-state index is 0.238. The highest BCUT2D eigenvalue weighted by atomic mass is 16.6. The molecule has 1 amide bonds. The van der Waals surface area contributed by atoms with Crippen molar-refractivity contribution in [3.8, 4) is 17.2 Å². The summed E-state index contributed by atoms with van der Waals surface area (Å²) in [6.07, 6.45) is 0. The first-order valence-corrected chi connectivity index (χ1v) is 7.50. The quantitative estimate of drug-likeness (QED) is 0.941. The average Bonchev–Trinajstić information content (AvgIpc) is 2.55. The summed E-state index contributed by atoms with van der Waals surface area (Å²) < 4.78 is 16.8. The molecule has 2 aromatic carbocycles. The molecule has 0 fully saturated rings. The Balaban J connectivity index is 1.70. The number of anilines is 1. The van der Waals surface area contributed by atoms with E-state index in [1.165, 1.54) is 0 Å². The molecular weight excluding hydrogens is 294 g/mol. The van der Waals surface area contributed by atoms with Crippen LogP contribution < -0.4 is 19.5 Å². The fourth-order valence-electron chi connectivity index (χ4n) is 2.23. The Kier molecular flexibility index (Phi) is 4.10. The average molecular weight is 313 g/mol. The number of carbonyl (C=O) groups is 1. The Morgan fingerprint density at radius 1 is 1.04 bits per heavy atom. The highest BCUT2D eigenvalue weighted by Crippen LogP contribution is 2.33. The Morgan fingerprint density at radius 2 is 1.74 bits per heavy atom. The third-order valence-electron chi connectivity index (χ3n) is 3.46. The van der Waals surface area contributed by atoms with Crippen LogP contribution in [0.25, 0.3) is 0 Å². The summed E-state index contributed by atoms with van der Waals surface area (Å²) in [6, 6.07) is 14.6. The van der Waals surface area contributed by atoms with Gasteiger partial charge in [-0.25, -0.2) is 0 Å². The summed E-state index contributed by atoms with van der Waals surface area (Å²) >= 11 is 0. The minimum Gasteiger partial charge on any atom is -0.486 e. The van der Waals surface area contributed by atoms with E-state index in [4.69, 9.17) is 14.2 Å². The molecule has 0 saturated heterocycles. The number of ether oxygens (including phenoxy) is 3. The molecule has 0 aromatic heterocycles. The summed E-state index contributed by atoms with van der Waals surface area (Å²) in [6.45, 7) is 4.50. The molecular formula is C18H19NO4. The molecule has 2 aromatic rings. The monoisotopic (exact) mass is 313 g/mol. The van der Waals surface area contributed by atoms with Crippen LogP contribution in [0.2, 0.25) is 0 Å². The van der Waals surface area contributed by atoms with Crippen LogP contribution in [0, 0.1) is 0 Å². The van der Waals surface area contributed by atoms with Crippen LogP contribution in [0.15, 0.2) is 48.5 Å². The van der Waals surface area contributed by atoms with Crippen molar-refractivity contribution < 1.29 is 19.0 Å². The third kappa shape index (κ3) is 3.56. The third-order valence-corrected chi connectivity index (χ3v) is 3.46. The van der Waals surface area contributed by atoms with E-state index >= 15 is 0 Å². The van der Waals surface area contributed by atoms with Gasteiger partial charge < -0.3 is 19.5 Å². The van der Waals surface area contributed by atoms with Crippen molar-refractivity contribution in [2.75, 3.05) is 18.5 Å². The lowest BCUT2D eigenvalue weighted by atomic mass is 10.1. The van der Waals surface area contributed by atoms with E-state index in [2.05, 4.69) is 5.32 Å². The molecule has 23 heavy (non-hydrogen) atoms. The van der Waals surface area contributed by atoms with Gasteiger partial charge in [-0.15, -0.1) is 0 Å². The predicted molar refractivity (Wildman–Crippen MR) is 87.2 cm³/mol. The predicted octanol–water partition coefficient (Wildman–Crippen LogP) is 3.25. The maximum absolute atomic E-state index is 12.5. The number of hydrogen-bond donors (Lipinski definition) is 1. The van der Waals surface area contributed by atoms with Gasteiger partial charge in [0.05, 0.1) is 0 Å². The van der Waals surface area contributed by atoms with Gasteiger partial charge in [-0.2, -0.15) is 0 Å². The maximum atomic E-state index is 12.5. The van der Waals surface area contributed by atoms with Crippen LogP contribution in [0.5, 0.6) is 17.2 Å². The highest BCUT2D eigenvalue weighted by Gasteiger charge is 2.30. The Hall–Kier alpha value is -2.69. The normalized spacial score (nSPS) is 13.3. The number of nitrogens with one attached hydrogen (secondary N) is 1. The SMILES string of the molecule is CC(C)(Oc1ccccc1)C(=O)Nc1ccc2c(c1)OCCO2. The number of amides is 1. The molecule has 0 saturated carbocycles. The molecule has 0 aliphatic carbocycles. The number of para-hydroxylation sites is 1. The van der Waals surface area contributed by atoms with Crippen molar-refractivity contribution in [3.63, 3.8) is 0 Å². The van der Waals surface area contributed by atoms with Gasteiger partial charge in [0.25, 0.3) is 5.91 Å². The molecule has 0 unspecified atom stereocenters. The molecule has 5 heteroatoms. The molecule has 1 N–H and O–H groups in total. The fraction of sp³-hybridized carbons (Fsp3) is 0.278. The lowest BCUT2D eigenvalue weighted by Crippen LogP contribution is -2.42. The first kappa shape index (κ1) is 15.2. The summed E-state index contributed by atoms with van der Waals surface area (Å²) in [5.41, 5.74) is -0.363. The van der Waals surface area contributed by atoms with Crippen molar-refractivity contribution in [2.24, 2.45) is 0 Å². The van der Waals surface area contributed by atoms with Crippen molar-refractivity contribution in [1.29, 1.82) is 0 Å². The van der Waals surface area contributed by atoms with Gasteiger partial charge in [0.1, 0.15) is 19.0 Å². The number of benzene rings is 2. The molecule has 1 aliphatic heterocycles. The maximum Gasteiger partial charge on any atom is 0.267 e. The van der Waals surface area contributed by atoms with Gasteiger partial charge in [0.2, 0.25) is 0 Å². The van der Waals surface area contributed by atoms with E-state index in [-0.39, 0.29) is 5.91 Å². The standard InChI is InChI=1S/C18H19NO4/c1-18(2,23-14-6-4-3-5-7-14)17(20)19-13-8-9-15-16(12-13)22-11-10-21-15/h3-9,12H,10-11H2,1-2H3,(H,19,20). The Morgan fingerprint density at radius 3 is 2.48 bits per heavy atom. The van der Waals surface area contributed by atoms with E-state index in [0.717, 1.165) is 0 Å². The van der Waals surface area contributed by atoms with Crippen LogP contribution >= 0.6 is 0 Å². The zero-order chi connectivity index (χ0) is 16.3. The molecule has 3 rings (SSSR count). The van der Waals surface area contributed by atoms with Gasteiger partial charge in [-0.3, -0.25) is 4.79 Å². The van der Waals surface area contributed by atoms with E-state index in [1.54, 1.807) is 32.0 Å². The number of fused-ring (bicyclic) bond motifs is 1. The van der Waals surface area contributed by atoms with Gasteiger partial charge in [-0.1, -0.05) is 18.2 Å².